The number of rotatable bonds is 5. The van der Waals surface area contributed by atoms with Gasteiger partial charge in [-0.2, -0.15) is 0 Å². The maximum absolute atomic E-state index is 11.3. The number of furan rings is 1. The lowest BCUT2D eigenvalue weighted by molar-refractivity contribution is -0.128. The Balaban J connectivity index is 2.05. The average Bonchev–Trinajstić information content (AvgIpc) is 2.86. The summed E-state index contributed by atoms with van der Waals surface area (Å²) < 4.78 is 6.27. The van der Waals surface area contributed by atoms with Crippen LogP contribution in [0.5, 0.6) is 0 Å². The van der Waals surface area contributed by atoms with Crippen LogP contribution in [0.3, 0.4) is 0 Å². The van der Waals surface area contributed by atoms with Gasteiger partial charge in [0.15, 0.2) is 4.67 Å². The van der Waals surface area contributed by atoms with Crippen molar-refractivity contribution >= 4 is 27.5 Å². The van der Waals surface area contributed by atoms with E-state index < -0.39 is 0 Å². The second kappa shape index (κ2) is 6.80. The number of nitrogens with one attached hydrogen (secondary N) is 1. The zero-order valence-corrected chi connectivity index (χ0v) is 14.0. The number of hydrogen-bond acceptors (Lipinski definition) is 3. The van der Waals surface area contributed by atoms with Crippen molar-refractivity contribution in [2.45, 2.75) is 26.4 Å². The Morgan fingerprint density at radius 3 is 2.76 bits per heavy atom. The van der Waals surface area contributed by atoms with Gasteiger partial charge in [-0.05, 0) is 52.7 Å². The monoisotopic (exact) mass is 350 g/mol. The number of carbonyl (C=O) groups is 1. The zero-order valence-electron chi connectivity index (χ0n) is 12.4. The van der Waals surface area contributed by atoms with Crippen LogP contribution in [-0.4, -0.2) is 17.9 Å². The Labute approximate surface area is 133 Å². The molecule has 2 rings (SSSR count). The number of anilines is 1. The Morgan fingerprint density at radius 1 is 1.38 bits per heavy atom. The van der Waals surface area contributed by atoms with E-state index in [9.17, 15) is 4.79 Å². The molecule has 0 aliphatic carbocycles. The highest BCUT2D eigenvalue weighted by atomic mass is 79.9. The molecule has 2 aromatic rings. The highest BCUT2D eigenvalue weighted by molar-refractivity contribution is 9.10. The molecule has 1 heterocycles. The molecule has 1 aromatic carbocycles. The van der Waals surface area contributed by atoms with E-state index in [0.29, 0.717) is 6.54 Å². The molecular formula is C16H19BrN2O2. The summed E-state index contributed by atoms with van der Waals surface area (Å²) >= 11 is 3.31. The van der Waals surface area contributed by atoms with Crippen LogP contribution in [0, 0.1) is 0 Å². The molecule has 0 fully saturated rings. The Bertz CT molecular complexity index is 624. The van der Waals surface area contributed by atoms with E-state index >= 15 is 0 Å². The highest BCUT2D eigenvalue weighted by Crippen LogP contribution is 2.24. The molecule has 0 spiro atoms. The van der Waals surface area contributed by atoms with Gasteiger partial charge in [0.25, 0.3) is 0 Å². The Kier molecular flexibility index (Phi) is 5.07. The fourth-order valence-electron chi connectivity index (χ4n) is 2.03. The lowest BCUT2D eigenvalue weighted by Crippen LogP contribution is -2.23. The molecule has 1 unspecified atom stereocenters. The molecule has 1 aromatic heterocycles. The molecule has 1 N–H and O–H groups in total. The van der Waals surface area contributed by atoms with Gasteiger partial charge >= 0.3 is 0 Å². The normalized spacial score (nSPS) is 12.0. The maximum atomic E-state index is 11.3. The molecule has 1 amide bonds. The molecule has 0 bridgehead atoms. The molecule has 0 radical (unpaired) electrons. The second-order valence-electron chi connectivity index (χ2n) is 5.08. The summed E-state index contributed by atoms with van der Waals surface area (Å²) in [5.74, 6) is 0.926. The van der Waals surface area contributed by atoms with Crippen LogP contribution in [0.25, 0.3) is 0 Å². The van der Waals surface area contributed by atoms with Crippen LogP contribution < -0.4 is 5.32 Å². The molecule has 0 saturated carbocycles. The van der Waals surface area contributed by atoms with Crippen molar-refractivity contribution in [2.75, 3.05) is 12.4 Å². The average molecular weight is 351 g/mol. The minimum Gasteiger partial charge on any atom is -0.452 e. The van der Waals surface area contributed by atoms with E-state index in [1.807, 2.05) is 43.3 Å². The van der Waals surface area contributed by atoms with Crippen LogP contribution in [0.2, 0.25) is 0 Å². The summed E-state index contributed by atoms with van der Waals surface area (Å²) in [6.07, 6.45) is 0. The molecule has 1 atom stereocenters. The van der Waals surface area contributed by atoms with Gasteiger partial charge in [-0.15, -0.1) is 0 Å². The Morgan fingerprint density at radius 2 is 2.14 bits per heavy atom. The standard InChI is InChI=1S/C16H19BrN2O2/c1-11(15-7-8-16(17)21-15)18-14-6-4-5-13(9-14)10-19(3)12(2)20/h4-9,11,18H,10H2,1-3H3. The molecule has 4 nitrogen and oxygen atoms in total. The fraction of sp³-hybridized carbons (Fsp3) is 0.312. The van der Waals surface area contributed by atoms with Crippen LogP contribution >= 0.6 is 15.9 Å². The van der Waals surface area contributed by atoms with E-state index in [0.717, 1.165) is 21.7 Å². The van der Waals surface area contributed by atoms with Gasteiger partial charge in [0, 0.05) is 26.2 Å². The van der Waals surface area contributed by atoms with Crippen molar-refractivity contribution in [2.24, 2.45) is 0 Å². The summed E-state index contributed by atoms with van der Waals surface area (Å²) in [7, 11) is 1.80. The van der Waals surface area contributed by atoms with Gasteiger partial charge in [0.1, 0.15) is 5.76 Å². The largest absolute Gasteiger partial charge is 0.452 e. The minimum atomic E-state index is 0.0576. The molecular weight excluding hydrogens is 332 g/mol. The topological polar surface area (TPSA) is 45.5 Å². The first-order valence-corrected chi connectivity index (χ1v) is 7.57. The molecule has 0 aliphatic heterocycles. The van der Waals surface area contributed by atoms with Gasteiger partial charge in [-0.1, -0.05) is 12.1 Å². The third kappa shape index (κ3) is 4.36. The van der Waals surface area contributed by atoms with Crippen molar-refractivity contribution in [3.8, 4) is 0 Å². The summed E-state index contributed by atoms with van der Waals surface area (Å²) in [4.78, 5) is 13.0. The van der Waals surface area contributed by atoms with Crippen LogP contribution in [-0.2, 0) is 11.3 Å². The number of benzene rings is 1. The maximum Gasteiger partial charge on any atom is 0.219 e. The van der Waals surface area contributed by atoms with E-state index in [1.165, 1.54) is 0 Å². The predicted molar refractivity (Wildman–Crippen MR) is 87.0 cm³/mol. The lowest BCUT2D eigenvalue weighted by Gasteiger charge is -2.17. The van der Waals surface area contributed by atoms with Crippen molar-refractivity contribution in [3.05, 3.63) is 52.4 Å². The number of hydrogen-bond donors (Lipinski definition) is 1. The van der Waals surface area contributed by atoms with Gasteiger partial charge in [0.2, 0.25) is 5.91 Å². The third-order valence-electron chi connectivity index (χ3n) is 3.29. The van der Waals surface area contributed by atoms with Crippen LogP contribution in [0.15, 0.2) is 45.5 Å². The number of halogens is 1. The number of carbonyl (C=O) groups excluding carboxylic acids is 1. The zero-order chi connectivity index (χ0) is 15.4. The summed E-state index contributed by atoms with van der Waals surface area (Å²) in [6.45, 7) is 4.21. The van der Waals surface area contributed by atoms with Crippen molar-refractivity contribution < 1.29 is 9.21 Å². The molecule has 112 valence electrons. The molecule has 0 aliphatic rings. The fourth-order valence-corrected chi connectivity index (χ4v) is 2.35. The Hall–Kier alpha value is -1.75. The number of amides is 1. The van der Waals surface area contributed by atoms with E-state index in [1.54, 1.807) is 18.9 Å². The highest BCUT2D eigenvalue weighted by Gasteiger charge is 2.10. The molecule has 21 heavy (non-hydrogen) atoms. The van der Waals surface area contributed by atoms with Crippen LogP contribution in [0.1, 0.15) is 31.2 Å². The van der Waals surface area contributed by atoms with Crippen molar-refractivity contribution in [1.29, 1.82) is 0 Å². The second-order valence-corrected chi connectivity index (χ2v) is 5.86. The number of nitrogens with zero attached hydrogens (tertiary/aromatic N) is 1. The van der Waals surface area contributed by atoms with E-state index in [-0.39, 0.29) is 11.9 Å². The first-order chi connectivity index (χ1) is 9.95. The summed E-state index contributed by atoms with van der Waals surface area (Å²) in [6, 6.07) is 11.9. The van der Waals surface area contributed by atoms with E-state index in [4.69, 9.17) is 4.42 Å². The minimum absolute atomic E-state index is 0.0576. The SMILES string of the molecule is CC(=O)N(C)Cc1cccc(NC(C)c2ccc(Br)o2)c1. The molecule has 5 heteroatoms. The van der Waals surface area contributed by atoms with Crippen LogP contribution in [0.4, 0.5) is 5.69 Å². The first kappa shape index (κ1) is 15.6. The third-order valence-corrected chi connectivity index (χ3v) is 3.71. The van der Waals surface area contributed by atoms with Gasteiger partial charge in [0.05, 0.1) is 6.04 Å². The first-order valence-electron chi connectivity index (χ1n) is 6.78. The summed E-state index contributed by atoms with van der Waals surface area (Å²) in [5.41, 5.74) is 2.09. The predicted octanol–water partition coefficient (Wildman–Crippen LogP) is 4.19. The summed E-state index contributed by atoms with van der Waals surface area (Å²) in [5, 5.41) is 3.40. The lowest BCUT2D eigenvalue weighted by atomic mass is 10.1. The van der Waals surface area contributed by atoms with Gasteiger partial charge in [-0.25, -0.2) is 0 Å². The van der Waals surface area contributed by atoms with E-state index in [2.05, 4.69) is 21.2 Å². The smallest absolute Gasteiger partial charge is 0.219 e. The van der Waals surface area contributed by atoms with Gasteiger partial charge < -0.3 is 14.6 Å². The van der Waals surface area contributed by atoms with Crippen molar-refractivity contribution in [1.82, 2.24) is 4.90 Å². The quantitative estimate of drug-likeness (QED) is 0.878. The van der Waals surface area contributed by atoms with Gasteiger partial charge in [-0.3, -0.25) is 4.79 Å². The molecule has 0 saturated heterocycles. The van der Waals surface area contributed by atoms with Crippen molar-refractivity contribution in [3.63, 3.8) is 0 Å².